The number of hydrogen-bond acceptors (Lipinski definition) is 15. The second-order valence-corrected chi connectivity index (χ2v) is 27.8. The topological polar surface area (TPSA) is 237 Å². The number of ether oxygens (including phenoxy) is 4. The monoisotopic (exact) mass is 1300 g/mol. The molecule has 0 radical (unpaired) electrons. The molecule has 0 fully saturated rings. The second kappa shape index (κ2) is 63.8. The standard InChI is InChI=1S/C69H134O17P2/c1-5-9-13-16-19-22-25-28-31-34-37-40-43-46-50-54-67(72)80-60-65(86-69(74)56-52-48-45-42-39-36-33-30-27-24-21-18-15-11-7-3)62-84-88(77,78)82-58-63(70)57-81-87(75,76)83-61-64(59-79-66(71)53-49-12-8-4)85-68(73)55-51-47-44-41-38-35-32-29-26-23-20-17-14-10-6-2/h63-65,70H,5-62H2,1-4H3,(H,75,76)(H,77,78)/t63-,64+,65+/m0/s1. The molecule has 0 saturated carbocycles. The van der Waals surface area contributed by atoms with Crippen LogP contribution in [0.15, 0.2) is 0 Å². The van der Waals surface area contributed by atoms with Gasteiger partial charge in [-0.2, -0.15) is 0 Å². The van der Waals surface area contributed by atoms with Gasteiger partial charge in [0.05, 0.1) is 26.4 Å². The van der Waals surface area contributed by atoms with Gasteiger partial charge in [-0.25, -0.2) is 9.13 Å². The Hall–Kier alpha value is -1.94. The summed E-state index contributed by atoms with van der Waals surface area (Å²) in [5, 5.41) is 10.5. The van der Waals surface area contributed by atoms with E-state index in [2.05, 4.69) is 20.8 Å². The number of carbonyl (C=O) groups is 4. The van der Waals surface area contributed by atoms with Crippen LogP contribution in [0.25, 0.3) is 0 Å². The van der Waals surface area contributed by atoms with E-state index < -0.39 is 97.5 Å². The van der Waals surface area contributed by atoms with Crippen LogP contribution in [-0.2, 0) is 65.4 Å². The van der Waals surface area contributed by atoms with Gasteiger partial charge >= 0.3 is 39.5 Å². The molecular weight excluding hydrogens is 1160 g/mol. The van der Waals surface area contributed by atoms with Gasteiger partial charge in [0.15, 0.2) is 12.2 Å². The zero-order valence-corrected chi connectivity index (χ0v) is 58.5. The van der Waals surface area contributed by atoms with Gasteiger partial charge in [0.1, 0.15) is 19.3 Å². The fourth-order valence-corrected chi connectivity index (χ4v) is 12.1. The summed E-state index contributed by atoms with van der Waals surface area (Å²) in [6.07, 6.45) is 52.1. The number of phosphoric acid groups is 2. The lowest BCUT2D eigenvalue weighted by molar-refractivity contribution is -0.161. The third-order valence-corrected chi connectivity index (χ3v) is 18.0. The normalized spacial score (nSPS) is 14.0. The molecule has 0 aliphatic carbocycles. The van der Waals surface area contributed by atoms with Crippen molar-refractivity contribution in [1.29, 1.82) is 0 Å². The minimum Gasteiger partial charge on any atom is -0.462 e. The van der Waals surface area contributed by atoms with Crippen molar-refractivity contribution in [1.82, 2.24) is 0 Å². The summed E-state index contributed by atoms with van der Waals surface area (Å²) in [6.45, 7) is 4.77. The van der Waals surface area contributed by atoms with Gasteiger partial charge in [0.2, 0.25) is 0 Å². The van der Waals surface area contributed by atoms with Crippen molar-refractivity contribution < 1.29 is 80.2 Å². The summed E-state index contributed by atoms with van der Waals surface area (Å²) < 4.78 is 67.9. The maximum absolute atomic E-state index is 13.0. The summed E-state index contributed by atoms with van der Waals surface area (Å²) in [5.74, 6) is -2.14. The van der Waals surface area contributed by atoms with Crippen molar-refractivity contribution in [2.45, 2.75) is 380 Å². The Morgan fingerprint density at radius 2 is 0.455 bits per heavy atom. The Balaban J connectivity index is 5.08. The van der Waals surface area contributed by atoms with Crippen molar-refractivity contribution in [2.75, 3.05) is 39.6 Å². The first-order chi connectivity index (χ1) is 42.7. The Labute approximate surface area is 537 Å². The molecule has 0 saturated heterocycles. The van der Waals surface area contributed by atoms with Gasteiger partial charge < -0.3 is 33.8 Å². The summed E-state index contributed by atoms with van der Waals surface area (Å²) in [7, 11) is -9.88. The number of aliphatic hydroxyl groups excluding tert-OH is 1. The number of unbranched alkanes of at least 4 members (excludes halogenated alkanes) is 44. The average Bonchev–Trinajstić information content (AvgIpc) is 3.50. The average molecular weight is 1300 g/mol. The van der Waals surface area contributed by atoms with Gasteiger partial charge in [-0.05, 0) is 25.7 Å². The molecule has 0 aliphatic heterocycles. The highest BCUT2D eigenvalue weighted by atomic mass is 31.2. The van der Waals surface area contributed by atoms with E-state index >= 15 is 0 Å². The zero-order chi connectivity index (χ0) is 64.7. The molecule has 0 rings (SSSR count). The highest BCUT2D eigenvalue weighted by Gasteiger charge is 2.30. The Kier molecular flexibility index (Phi) is 62.4. The van der Waals surface area contributed by atoms with Crippen molar-refractivity contribution in [3.05, 3.63) is 0 Å². The summed E-state index contributed by atoms with van der Waals surface area (Å²) >= 11 is 0. The smallest absolute Gasteiger partial charge is 0.462 e. The highest BCUT2D eigenvalue weighted by molar-refractivity contribution is 7.47. The molecule has 3 N–H and O–H groups in total. The van der Waals surface area contributed by atoms with Crippen molar-refractivity contribution in [3.63, 3.8) is 0 Å². The number of aliphatic hydroxyl groups is 1. The lowest BCUT2D eigenvalue weighted by Crippen LogP contribution is -2.30. The van der Waals surface area contributed by atoms with Gasteiger partial charge in [-0.15, -0.1) is 0 Å². The van der Waals surface area contributed by atoms with Crippen LogP contribution in [0.2, 0.25) is 0 Å². The Morgan fingerprint density at radius 3 is 0.693 bits per heavy atom. The molecule has 5 atom stereocenters. The van der Waals surface area contributed by atoms with Crippen LogP contribution in [0, 0.1) is 0 Å². The van der Waals surface area contributed by atoms with E-state index in [1.54, 1.807) is 0 Å². The van der Waals surface area contributed by atoms with Crippen LogP contribution >= 0.6 is 15.6 Å². The first kappa shape index (κ1) is 86.1. The SMILES string of the molecule is CCCCCCCCCCCCCCCCCC(=O)OC[C@H](COP(=O)(O)OC[C@@H](O)COP(=O)(O)OC[C@@H](COC(=O)CCCCC)OC(=O)CCCCCCCCCCCCCCCCC)OC(=O)CCCCCCCCCCCCCCCCC. The van der Waals surface area contributed by atoms with E-state index in [9.17, 15) is 43.2 Å². The predicted octanol–water partition coefficient (Wildman–Crippen LogP) is 19.9. The lowest BCUT2D eigenvalue weighted by Gasteiger charge is -2.21. The first-order valence-corrected chi connectivity index (χ1v) is 39.3. The van der Waals surface area contributed by atoms with Crippen molar-refractivity contribution in [2.24, 2.45) is 0 Å². The molecule has 19 heteroatoms. The largest absolute Gasteiger partial charge is 0.472 e. The first-order valence-electron chi connectivity index (χ1n) is 36.3. The van der Waals surface area contributed by atoms with E-state index in [4.69, 9.17) is 37.0 Å². The summed E-state index contributed by atoms with van der Waals surface area (Å²) in [4.78, 5) is 72.0. The van der Waals surface area contributed by atoms with E-state index in [0.29, 0.717) is 25.7 Å². The van der Waals surface area contributed by atoms with Crippen molar-refractivity contribution in [3.8, 4) is 0 Å². The predicted molar refractivity (Wildman–Crippen MR) is 354 cm³/mol. The number of carbonyl (C=O) groups excluding carboxylic acids is 4. The van der Waals surface area contributed by atoms with E-state index in [-0.39, 0.29) is 25.7 Å². The summed E-state index contributed by atoms with van der Waals surface area (Å²) in [6, 6.07) is 0. The fourth-order valence-electron chi connectivity index (χ4n) is 10.5. The lowest BCUT2D eigenvalue weighted by atomic mass is 10.0. The van der Waals surface area contributed by atoms with Gasteiger partial charge in [0.25, 0.3) is 0 Å². The number of phosphoric ester groups is 2. The van der Waals surface area contributed by atoms with Crippen LogP contribution in [0.3, 0.4) is 0 Å². The summed E-state index contributed by atoms with van der Waals surface area (Å²) in [5.41, 5.74) is 0. The molecule has 88 heavy (non-hydrogen) atoms. The van der Waals surface area contributed by atoms with E-state index in [0.717, 1.165) is 83.5 Å². The number of rotatable bonds is 70. The number of esters is 4. The van der Waals surface area contributed by atoms with Crippen LogP contribution in [0.5, 0.6) is 0 Å². The molecule has 522 valence electrons. The van der Waals surface area contributed by atoms with Gasteiger partial charge in [-0.1, -0.05) is 310 Å². The van der Waals surface area contributed by atoms with Gasteiger partial charge in [0, 0.05) is 25.7 Å². The molecule has 2 unspecified atom stereocenters. The fraction of sp³-hybridized carbons (Fsp3) is 0.942. The molecule has 0 aliphatic rings. The molecule has 0 aromatic rings. The second-order valence-electron chi connectivity index (χ2n) is 24.9. The van der Waals surface area contributed by atoms with E-state index in [1.165, 1.54) is 199 Å². The maximum atomic E-state index is 13.0. The molecule has 0 aromatic heterocycles. The molecule has 0 heterocycles. The minimum atomic E-state index is -4.95. The third-order valence-electron chi connectivity index (χ3n) is 16.1. The molecule has 0 aromatic carbocycles. The highest BCUT2D eigenvalue weighted by Crippen LogP contribution is 2.45. The van der Waals surface area contributed by atoms with Crippen LogP contribution < -0.4 is 0 Å². The van der Waals surface area contributed by atoms with Crippen LogP contribution in [-0.4, -0.2) is 96.7 Å². The zero-order valence-electron chi connectivity index (χ0n) is 56.7. The third kappa shape index (κ3) is 62.8. The van der Waals surface area contributed by atoms with Gasteiger partial charge in [-0.3, -0.25) is 37.3 Å². The molecule has 0 amide bonds. The Morgan fingerprint density at radius 1 is 0.273 bits per heavy atom. The molecular formula is C69H134O17P2. The maximum Gasteiger partial charge on any atom is 0.472 e. The van der Waals surface area contributed by atoms with Crippen LogP contribution in [0.1, 0.15) is 362 Å². The van der Waals surface area contributed by atoms with Crippen molar-refractivity contribution >= 4 is 39.5 Å². The molecule has 17 nitrogen and oxygen atoms in total. The molecule has 0 bridgehead atoms. The van der Waals surface area contributed by atoms with E-state index in [1.807, 2.05) is 6.92 Å². The minimum absolute atomic E-state index is 0.107. The molecule has 0 spiro atoms. The number of hydrogen-bond donors (Lipinski definition) is 3. The Bertz CT molecular complexity index is 1690. The quantitative estimate of drug-likeness (QED) is 0.0222. The van der Waals surface area contributed by atoms with Crippen LogP contribution in [0.4, 0.5) is 0 Å².